The topological polar surface area (TPSA) is 76.5 Å². The SMILES string of the molecule is Cn1nc(C(=O)NCc2ccc(Cl)cc2)c(=O)c2cc(CN3CCOCC3)cc(CCC3CC3)c21. The Morgan fingerprint density at radius 3 is 2.60 bits per heavy atom. The third-order valence-corrected chi connectivity index (χ3v) is 7.14. The fraction of sp³-hybridized carbons (Fsp3) is 0.444. The average Bonchev–Trinajstić information content (AvgIpc) is 3.69. The molecule has 8 heteroatoms. The molecule has 3 aromatic rings. The zero-order chi connectivity index (χ0) is 24.4. The van der Waals surface area contributed by atoms with Gasteiger partial charge in [0.1, 0.15) is 0 Å². The van der Waals surface area contributed by atoms with Crippen LogP contribution in [0.5, 0.6) is 0 Å². The van der Waals surface area contributed by atoms with Gasteiger partial charge in [-0.1, -0.05) is 42.6 Å². The van der Waals surface area contributed by atoms with Crippen LogP contribution in [0.1, 0.15) is 46.4 Å². The van der Waals surface area contributed by atoms with E-state index in [0.717, 1.165) is 73.8 Å². The first-order valence-corrected chi connectivity index (χ1v) is 12.7. The molecule has 0 unspecified atom stereocenters. The Morgan fingerprint density at radius 2 is 1.89 bits per heavy atom. The van der Waals surface area contributed by atoms with Crippen LogP contribution in [0.2, 0.25) is 5.02 Å². The number of hydrogen-bond acceptors (Lipinski definition) is 5. The molecular formula is C27H31ClN4O3. The highest BCUT2D eigenvalue weighted by molar-refractivity contribution is 6.30. The fourth-order valence-electron chi connectivity index (χ4n) is 4.77. The largest absolute Gasteiger partial charge is 0.379 e. The van der Waals surface area contributed by atoms with Crippen LogP contribution in [-0.2, 0) is 31.3 Å². The summed E-state index contributed by atoms with van der Waals surface area (Å²) in [6.45, 7) is 4.27. The quantitative estimate of drug-likeness (QED) is 0.517. The fourth-order valence-corrected chi connectivity index (χ4v) is 4.90. The molecule has 184 valence electrons. The number of aromatic nitrogens is 2. The zero-order valence-electron chi connectivity index (χ0n) is 20.1. The van der Waals surface area contributed by atoms with Gasteiger partial charge in [0.05, 0.1) is 24.1 Å². The summed E-state index contributed by atoms with van der Waals surface area (Å²) in [6.07, 6.45) is 4.61. The molecule has 1 aromatic heterocycles. The van der Waals surface area contributed by atoms with Crippen molar-refractivity contribution in [2.75, 3.05) is 26.3 Å². The van der Waals surface area contributed by atoms with Crippen molar-refractivity contribution in [2.45, 2.75) is 38.8 Å². The van der Waals surface area contributed by atoms with Gasteiger partial charge in [-0.15, -0.1) is 0 Å². The summed E-state index contributed by atoms with van der Waals surface area (Å²) in [7, 11) is 1.82. The molecule has 1 aliphatic heterocycles. The van der Waals surface area contributed by atoms with Gasteiger partial charge in [0, 0.05) is 38.2 Å². The summed E-state index contributed by atoms with van der Waals surface area (Å²) in [5.41, 5.74) is 3.57. The van der Waals surface area contributed by atoms with Crippen molar-refractivity contribution in [3.63, 3.8) is 0 Å². The van der Waals surface area contributed by atoms with Gasteiger partial charge in [0.15, 0.2) is 5.69 Å². The summed E-state index contributed by atoms with van der Waals surface area (Å²) < 4.78 is 7.19. The van der Waals surface area contributed by atoms with E-state index >= 15 is 0 Å². The minimum Gasteiger partial charge on any atom is -0.379 e. The number of morpholine rings is 1. The Hall–Kier alpha value is -2.74. The first-order valence-electron chi connectivity index (χ1n) is 12.3. The lowest BCUT2D eigenvalue weighted by Gasteiger charge is -2.27. The van der Waals surface area contributed by atoms with Crippen LogP contribution in [0.3, 0.4) is 0 Å². The van der Waals surface area contributed by atoms with Crippen LogP contribution in [0, 0.1) is 5.92 Å². The Bertz CT molecular complexity index is 1280. The summed E-state index contributed by atoms with van der Waals surface area (Å²) in [4.78, 5) is 28.9. The Labute approximate surface area is 210 Å². The first kappa shape index (κ1) is 24.0. The number of carbonyl (C=O) groups excluding carboxylic acids is 1. The van der Waals surface area contributed by atoms with Crippen LogP contribution in [0.25, 0.3) is 10.9 Å². The number of nitrogens with one attached hydrogen (secondary N) is 1. The highest BCUT2D eigenvalue weighted by Gasteiger charge is 2.23. The molecule has 0 bridgehead atoms. The third kappa shape index (κ3) is 5.74. The molecular weight excluding hydrogens is 464 g/mol. The van der Waals surface area contributed by atoms with Gasteiger partial charge in [-0.2, -0.15) is 5.10 Å². The zero-order valence-corrected chi connectivity index (χ0v) is 20.8. The van der Waals surface area contributed by atoms with Crippen LogP contribution in [0.15, 0.2) is 41.2 Å². The highest BCUT2D eigenvalue weighted by atomic mass is 35.5. The Morgan fingerprint density at radius 1 is 1.14 bits per heavy atom. The maximum Gasteiger partial charge on any atom is 0.276 e. The maximum absolute atomic E-state index is 13.5. The predicted octanol–water partition coefficient (Wildman–Crippen LogP) is 3.69. The number of aryl methyl sites for hydroxylation is 2. The van der Waals surface area contributed by atoms with Gasteiger partial charge in [-0.25, -0.2) is 0 Å². The van der Waals surface area contributed by atoms with Crippen LogP contribution in [0.4, 0.5) is 0 Å². The van der Waals surface area contributed by atoms with Crippen molar-refractivity contribution in [3.05, 3.63) is 74.0 Å². The smallest absolute Gasteiger partial charge is 0.276 e. The van der Waals surface area contributed by atoms with Gasteiger partial charge in [-0.3, -0.25) is 19.2 Å². The van der Waals surface area contributed by atoms with Crippen LogP contribution >= 0.6 is 11.6 Å². The van der Waals surface area contributed by atoms with E-state index in [9.17, 15) is 9.59 Å². The second-order valence-corrected chi connectivity index (χ2v) is 10.1. The maximum atomic E-state index is 13.5. The van der Waals surface area contributed by atoms with Crippen LogP contribution in [-0.4, -0.2) is 46.9 Å². The predicted molar refractivity (Wildman–Crippen MR) is 137 cm³/mol. The minimum absolute atomic E-state index is 0.0781. The number of hydrogen-bond donors (Lipinski definition) is 1. The van der Waals surface area contributed by atoms with Crippen molar-refractivity contribution in [1.29, 1.82) is 0 Å². The number of halogens is 1. The van der Waals surface area contributed by atoms with Gasteiger partial charge in [-0.05, 0) is 53.6 Å². The molecule has 5 rings (SSSR count). The molecule has 1 aliphatic carbocycles. The molecule has 0 spiro atoms. The molecule has 0 atom stereocenters. The van der Waals surface area contributed by atoms with E-state index in [0.29, 0.717) is 17.0 Å². The molecule has 2 fully saturated rings. The van der Waals surface area contributed by atoms with Crippen LogP contribution < -0.4 is 10.7 Å². The van der Waals surface area contributed by atoms with Gasteiger partial charge < -0.3 is 10.1 Å². The minimum atomic E-state index is -0.472. The highest BCUT2D eigenvalue weighted by Crippen LogP contribution is 2.34. The number of carbonyl (C=O) groups is 1. The monoisotopic (exact) mass is 494 g/mol. The lowest BCUT2D eigenvalue weighted by Crippen LogP contribution is -2.35. The van der Waals surface area contributed by atoms with E-state index in [-0.39, 0.29) is 11.1 Å². The number of rotatable bonds is 8. The number of amides is 1. The molecule has 2 heterocycles. The van der Waals surface area contributed by atoms with E-state index in [1.807, 2.05) is 25.2 Å². The molecule has 1 saturated heterocycles. The third-order valence-electron chi connectivity index (χ3n) is 6.89. The lowest BCUT2D eigenvalue weighted by atomic mass is 9.99. The Balaban J connectivity index is 1.46. The van der Waals surface area contributed by atoms with Gasteiger partial charge in [0.2, 0.25) is 5.43 Å². The van der Waals surface area contributed by atoms with Gasteiger partial charge >= 0.3 is 0 Å². The molecule has 0 radical (unpaired) electrons. The number of benzene rings is 2. The second-order valence-electron chi connectivity index (χ2n) is 9.63. The van der Waals surface area contributed by atoms with E-state index < -0.39 is 5.91 Å². The second kappa shape index (κ2) is 10.5. The number of ether oxygens (including phenoxy) is 1. The molecule has 1 N–H and O–H groups in total. The molecule has 2 aliphatic rings. The van der Waals surface area contributed by atoms with E-state index in [1.165, 1.54) is 12.8 Å². The summed E-state index contributed by atoms with van der Waals surface area (Å²) in [5.74, 6) is 0.316. The van der Waals surface area contributed by atoms with Crippen molar-refractivity contribution < 1.29 is 9.53 Å². The first-order chi connectivity index (χ1) is 17.0. The molecule has 35 heavy (non-hydrogen) atoms. The standard InChI is InChI=1S/C27H31ClN4O3/c1-31-25-21(7-4-18-2-3-18)14-20(17-32-10-12-35-13-11-32)15-23(25)26(33)24(30-31)27(34)29-16-19-5-8-22(28)9-6-19/h5-6,8-9,14-15,18H,2-4,7,10-13,16-17H2,1H3,(H,29,34). The van der Waals surface area contributed by atoms with E-state index in [2.05, 4.69) is 21.4 Å². The van der Waals surface area contributed by atoms with Crippen molar-refractivity contribution in [2.24, 2.45) is 13.0 Å². The van der Waals surface area contributed by atoms with Crippen molar-refractivity contribution in [1.82, 2.24) is 20.0 Å². The van der Waals surface area contributed by atoms with Gasteiger partial charge in [0.25, 0.3) is 5.91 Å². The number of nitrogens with zero attached hydrogens (tertiary/aromatic N) is 3. The van der Waals surface area contributed by atoms with E-state index in [1.54, 1.807) is 16.8 Å². The molecule has 1 saturated carbocycles. The van der Waals surface area contributed by atoms with Crippen molar-refractivity contribution in [3.8, 4) is 0 Å². The molecule has 7 nitrogen and oxygen atoms in total. The summed E-state index contributed by atoms with van der Waals surface area (Å²) >= 11 is 5.94. The Kier molecular flexibility index (Phi) is 7.18. The number of fused-ring (bicyclic) bond motifs is 1. The average molecular weight is 495 g/mol. The lowest BCUT2D eigenvalue weighted by molar-refractivity contribution is 0.0342. The summed E-state index contributed by atoms with van der Waals surface area (Å²) in [5, 5.41) is 8.45. The van der Waals surface area contributed by atoms with E-state index in [4.69, 9.17) is 16.3 Å². The molecule has 2 aromatic carbocycles. The normalized spacial score (nSPS) is 16.5. The summed E-state index contributed by atoms with van der Waals surface area (Å²) in [6, 6.07) is 11.4. The van der Waals surface area contributed by atoms with Crippen molar-refractivity contribution >= 4 is 28.4 Å². The molecule has 1 amide bonds.